The molecule has 27 heavy (non-hydrogen) atoms. The summed E-state index contributed by atoms with van der Waals surface area (Å²) in [5, 5.41) is 0.568. The molecule has 1 aliphatic rings. The summed E-state index contributed by atoms with van der Waals surface area (Å²) < 4.78 is 19.0. The van der Waals surface area contributed by atoms with Gasteiger partial charge < -0.3 is 18.8 Å². The van der Waals surface area contributed by atoms with Gasteiger partial charge in [0.25, 0.3) is 0 Å². The standard InChI is InChI=1S/C20H20ClN3O3/c1-25-17-6-4-14(10-23-17)16-5-3-13-9-15(11-24-8-7-22-12-24)18(21)20(26-2)19(13)27-16/h4,6-10,12,16H,3,5,11H2,1-2H3. The van der Waals surface area contributed by atoms with Gasteiger partial charge in [-0.3, -0.25) is 0 Å². The molecule has 140 valence electrons. The molecule has 0 amide bonds. The molecule has 1 aromatic carbocycles. The van der Waals surface area contributed by atoms with Crippen molar-refractivity contribution in [2.24, 2.45) is 0 Å². The van der Waals surface area contributed by atoms with Crippen LogP contribution in [0.4, 0.5) is 0 Å². The SMILES string of the molecule is COc1ccc(C2CCc3cc(Cn4ccnc4)c(Cl)c(OC)c3O2)cn1. The molecule has 0 saturated heterocycles. The first-order valence-corrected chi connectivity index (χ1v) is 9.08. The first kappa shape index (κ1) is 17.7. The van der Waals surface area contributed by atoms with E-state index in [0.29, 0.717) is 28.9 Å². The third kappa shape index (κ3) is 3.45. The van der Waals surface area contributed by atoms with E-state index in [1.807, 2.05) is 22.9 Å². The van der Waals surface area contributed by atoms with Gasteiger partial charge in [-0.2, -0.15) is 0 Å². The number of fused-ring (bicyclic) bond motifs is 1. The minimum atomic E-state index is -0.0969. The largest absolute Gasteiger partial charge is 0.491 e. The molecule has 6 nitrogen and oxygen atoms in total. The lowest BCUT2D eigenvalue weighted by molar-refractivity contribution is 0.168. The Labute approximate surface area is 162 Å². The van der Waals surface area contributed by atoms with Crippen LogP contribution in [0, 0.1) is 0 Å². The monoisotopic (exact) mass is 385 g/mol. The summed E-state index contributed by atoms with van der Waals surface area (Å²) in [5.41, 5.74) is 3.09. The average Bonchev–Trinajstić information content (AvgIpc) is 3.22. The smallest absolute Gasteiger partial charge is 0.212 e. The molecule has 0 N–H and O–H groups in total. The van der Waals surface area contributed by atoms with Crippen LogP contribution in [0.2, 0.25) is 5.02 Å². The lowest BCUT2D eigenvalue weighted by Crippen LogP contribution is -2.17. The Morgan fingerprint density at radius 3 is 2.85 bits per heavy atom. The molecule has 0 fully saturated rings. The van der Waals surface area contributed by atoms with Crippen LogP contribution in [0.5, 0.6) is 17.4 Å². The fourth-order valence-electron chi connectivity index (χ4n) is 3.35. The van der Waals surface area contributed by atoms with Gasteiger partial charge in [-0.1, -0.05) is 11.6 Å². The molecule has 3 aromatic rings. The number of aryl methyl sites for hydroxylation is 1. The molecule has 3 heterocycles. The summed E-state index contributed by atoms with van der Waals surface area (Å²) in [7, 11) is 3.22. The quantitative estimate of drug-likeness (QED) is 0.662. The van der Waals surface area contributed by atoms with Crippen LogP contribution < -0.4 is 14.2 Å². The minimum Gasteiger partial charge on any atom is -0.491 e. The van der Waals surface area contributed by atoms with E-state index < -0.39 is 0 Å². The predicted molar refractivity (Wildman–Crippen MR) is 102 cm³/mol. The van der Waals surface area contributed by atoms with E-state index in [-0.39, 0.29) is 6.10 Å². The molecule has 2 aromatic heterocycles. The van der Waals surface area contributed by atoms with Crippen molar-refractivity contribution < 1.29 is 14.2 Å². The number of halogens is 1. The summed E-state index contributed by atoms with van der Waals surface area (Å²) in [6.45, 7) is 0.633. The Morgan fingerprint density at radius 1 is 1.30 bits per heavy atom. The van der Waals surface area contributed by atoms with Gasteiger partial charge in [-0.05, 0) is 36.1 Å². The van der Waals surface area contributed by atoms with Crippen molar-refractivity contribution in [3.05, 3.63) is 64.8 Å². The van der Waals surface area contributed by atoms with Gasteiger partial charge >= 0.3 is 0 Å². The highest BCUT2D eigenvalue weighted by Crippen LogP contribution is 2.46. The van der Waals surface area contributed by atoms with Gasteiger partial charge in [0.1, 0.15) is 6.10 Å². The van der Waals surface area contributed by atoms with Crippen LogP contribution >= 0.6 is 11.6 Å². The molecular weight excluding hydrogens is 366 g/mol. The predicted octanol–water partition coefficient (Wildman–Crippen LogP) is 4.06. The summed E-state index contributed by atoms with van der Waals surface area (Å²) in [4.78, 5) is 8.36. The molecule has 1 unspecified atom stereocenters. The van der Waals surface area contributed by atoms with Crippen molar-refractivity contribution in [3.63, 3.8) is 0 Å². The maximum absolute atomic E-state index is 6.63. The third-order valence-corrected chi connectivity index (χ3v) is 5.13. The minimum absolute atomic E-state index is 0.0969. The van der Waals surface area contributed by atoms with Gasteiger partial charge in [-0.25, -0.2) is 9.97 Å². The zero-order valence-electron chi connectivity index (χ0n) is 15.2. The van der Waals surface area contributed by atoms with E-state index in [9.17, 15) is 0 Å². The molecule has 0 aliphatic carbocycles. The van der Waals surface area contributed by atoms with E-state index in [1.165, 1.54) is 0 Å². The van der Waals surface area contributed by atoms with Crippen LogP contribution in [0.15, 0.2) is 43.1 Å². The Bertz CT molecular complexity index is 927. The molecule has 1 atom stereocenters. The first-order valence-electron chi connectivity index (χ1n) is 8.70. The van der Waals surface area contributed by atoms with Crippen LogP contribution in [0.3, 0.4) is 0 Å². The van der Waals surface area contributed by atoms with E-state index in [0.717, 1.165) is 29.5 Å². The zero-order valence-corrected chi connectivity index (χ0v) is 15.9. The highest BCUT2D eigenvalue weighted by atomic mass is 35.5. The summed E-state index contributed by atoms with van der Waals surface area (Å²) in [5.74, 6) is 1.87. The second kappa shape index (κ2) is 7.48. The van der Waals surface area contributed by atoms with E-state index in [2.05, 4.69) is 16.0 Å². The van der Waals surface area contributed by atoms with E-state index in [1.54, 1.807) is 32.9 Å². The van der Waals surface area contributed by atoms with Gasteiger partial charge in [0, 0.05) is 30.2 Å². The maximum atomic E-state index is 6.63. The van der Waals surface area contributed by atoms with Crippen molar-refractivity contribution in [3.8, 4) is 17.4 Å². The number of methoxy groups -OCH3 is 2. The zero-order chi connectivity index (χ0) is 18.8. The number of hydrogen-bond acceptors (Lipinski definition) is 5. The Balaban J connectivity index is 1.65. The normalized spacial score (nSPS) is 15.7. The van der Waals surface area contributed by atoms with Gasteiger partial charge in [0.15, 0.2) is 11.5 Å². The molecule has 0 saturated carbocycles. The van der Waals surface area contributed by atoms with Crippen LogP contribution in [0.1, 0.15) is 29.2 Å². The molecule has 0 spiro atoms. The Hall–Kier alpha value is -2.73. The highest BCUT2D eigenvalue weighted by Gasteiger charge is 2.27. The molecule has 0 radical (unpaired) electrons. The number of pyridine rings is 1. The summed E-state index contributed by atoms with van der Waals surface area (Å²) in [6, 6.07) is 5.91. The molecule has 0 bridgehead atoms. The average molecular weight is 386 g/mol. The summed E-state index contributed by atoms with van der Waals surface area (Å²) >= 11 is 6.63. The highest BCUT2D eigenvalue weighted by molar-refractivity contribution is 6.33. The second-order valence-electron chi connectivity index (χ2n) is 6.39. The van der Waals surface area contributed by atoms with Crippen molar-refractivity contribution in [1.29, 1.82) is 0 Å². The molecule has 7 heteroatoms. The lowest BCUT2D eigenvalue weighted by atomic mass is 9.96. The number of nitrogens with zero attached hydrogens (tertiary/aromatic N) is 3. The van der Waals surface area contributed by atoms with Crippen LogP contribution in [-0.2, 0) is 13.0 Å². The third-order valence-electron chi connectivity index (χ3n) is 4.72. The van der Waals surface area contributed by atoms with Crippen molar-refractivity contribution in [1.82, 2.24) is 14.5 Å². The summed E-state index contributed by atoms with van der Waals surface area (Å²) in [6.07, 6.45) is 8.85. The molecular formula is C20H20ClN3O3. The van der Waals surface area contributed by atoms with Crippen molar-refractivity contribution in [2.75, 3.05) is 14.2 Å². The Morgan fingerprint density at radius 2 is 2.19 bits per heavy atom. The first-order chi connectivity index (χ1) is 13.2. The second-order valence-corrected chi connectivity index (χ2v) is 6.76. The fraction of sp³-hybridized carbons (Fsp3) is 0.300. The molecule has 4 rings (SSSR count). The number of benzene rings is 1. The van der Waals surface area contributed by atoms with Crippen LogP contribution in [0.25, 0.3) is 0 Å². The topological polar surface area (TPSA) is 58.4 Å². The van der Waals surface area contributed by atoms with Gasteiger partial charge in [-0.15, -0.1) is 0 Å². The van der Waals surface area contributed by atoms with E-state index >= 15 is 0 Å². The Kier molecular flexibility index (Phi) is 4.90. The number of aromatic nitrogens is 3. The van der Waals surface area contributed by atoms with Gasteiger partial charge in [0.05, 0.1) is 32.1 Å². The van der Waals surface area contributed by atoms with Crippen molar-refractivity contribution >= 4 is 11.6 Å². The lowest BCUT2D eigenvalue weighted by Gasteiger charge is -2.29. The van der Waals surface area contributed by atoms with Gasteiger partial charge in [0.2, 0.25) is 5.88 Å². The molecule has 1 aliphatic heterocycles. The van der Waals surface area contributed by atoms with Crippen molar-refractivity contribution in [2.45, 2.75) is 25.5 Å². The van der Waals surface area contributed by atoms with Crippen LogP contribution in [-0.4, -0.2) is 28.8 Å². The number of rotatable bonds is 5. The number of imidazole rings is 1. The number of ether oxygens (including phenoxy) is 3. The van der Waals surface area contributed by atoms with E-state index in [4.69, 9.17) is 25.8 Å². The number of hydrogen-bond donors (Lipinski definition) is 0. The maximum Gasteiger partial charge on any atom is 0.212 e. The fourth-order valence-corrected chi connectivity index (χ4v) is 3.62.